The van der Waals surface area contributed by atoms with Gasteiger partial charge in [0.1, 0.15) is 0 Å². The first-order valence-corrected chi connectivity index (χ1v) is 9.60. The fourth-order valence-corrected chi connectivity index (χ4v) is 2.92. The summed E-state index contributed by atoms with van der Waals surface area (Å²) in [4.78, 5) is 32.1. The lowest BCUT2D eigenvalue weighted by Crippen LogP contribution is -2.22. The molecule has 2 amide bonds. The van der Waals surface area contributed by atoms with Gasteiger partial charge in [-0.3, -0.25) is 9.59 Å². The number of carbonyl (C=O) groups excluding carboxylic acids is 2. The maximum Gasteiger partial charge on any atom is 0.271 e. The number of aromatic nitrogens is 2. The average Bonchev–Trinajstić information content (AvgIpc) is 2.61. The molecule has 0 saturated carbocycles. The lowest BCUT2D eigenvalue weighted by Gasteiger charge is -2.15. The van der Waals surface area contributed by atoms with Crippen LogP contribution in [0.5, 0.6) is 0 Å². The van der Waals surface area contributed by atoms with E-state index in [9.17, 15) is 9.59 Å². The van der Waals surface area contributed by atoms with E-state index in [1.54, 1.807) is 0 Å². The number of nitrogens with one attached hydrogen (secondary N) is 2. The van der Waals surface area contributed by atoms with E-state index in [4.69, 9.17) is 5.73 Å². The molecule has 2 aromatic rings. The third kappa shape index (κ3) is 6.04. The highest BCUT2D eigenvalue weighted by molar-refractivity contribution is 5.96. The molecule has 0 spiro atoms. The second-order valence-corrected chi connectivity index (χ2v) is 7.19. The van der Waals surface area contributed by atoms with Gasteiger partial charge in [0.05, 0.1) is 11.4 Å². The summed E-state index contributed by atoms with van der Waals surface area (Å²) in [6.07, 6.45) is 2.17. The minimum Gasteiger partial charge on any atom is -0.364 e. The van der Waals surface area contributed by atoms with Crippen LogP contribution < -0.4 is 16.4 Å². The van der Waals surface area contributed by atoms with Gasteiger partial charge in [-0.25, -0.2) is 9.97 Å². The summed E-state index contributed by atoms with van der Waals surface area (Å²) in [6, 6.07) is 7.75. The number of nitrogens with zero attached hydrogens (tertiary/aromatic N) is 2. The Balaban J connectivity index is 2.31. The third-order valence-corrected chi connectivity index (χ3v) is 4.20. The quantitative estimate of drug-likeness (QED) is 0.617. The summed E-state index contributed by atoms with van der Waals surface area (Å²) < 4.78 is 0. The van der Waals surface area contributed by atoms with Crippen LogP contribution in [0.15, 0.2) is 24.3 Å². The van der Waals surface area contributed by atoms with Crippen molar-refractivity contribution < 1.29 is 9.59 Å². The van der Waals surface area contributed by atoms with Gasteiger partial charge in [-0.05, 0) is 42.9 Å². The molecule has 7 nitrogen and oxygen atoms in total. The van der Waals surface area contributed by atoms with Crippen molar-refractivity contribution >= 4 is 23.3 Å². The Kier molecular flexibility index (Phi) is 7.49. The minimum absolute atomic E-state index is 0.0515. The molecular weight excluding hydrogens is 354 g/mol. The molecule has 0 saturated heterocycles. The highest BCUT2D eigenvalue weighted by atomic mass is 16.1. The highest BCUT2D eigenvalue weighted by Gasteiger charge is 2.17. The van der Waals surface area contributed by atoms with E-state index in [-0.39, 0.29) is 11.6 Å². The van der Waals surface area contributed by atoms with Crippen molar-refractivity contribution in [3.8, 4) is 0 Å². The van der Waals surface area contributed by atoms with E-state index in [0.717, 1.165) is 29.1 Å². The summed E-state index contributed by atoms with van der Waals surface area (Å²) in [5.74, 6) is 0.135. The molecule has 0 atom stereocenters. The zero-order valence-corrected chi connectivity index (χ0v) is 17.0. The molecule has 1 aromatic heterocycles. The summed E-state index contributed by atoms with van der Waals surface area (Å²) in [5.41, 5.74) is 9.22. The number of hydrogen-bond donors (Lipinski definition) is 3. The number of nitrogens with two attached hydrogens (primary N) is 1. The number of aryl methyl sites for hydroxylation is 1. The Bertz CT molecular complexity index is 849. The van der Waals surface area contributed by atoms with Gasteiger partial charge in [0, 0.05) is 19.2 Å². The standard InChI is InChI=1S/C21H29N5O2/c1-5-17-18(11-13(2)3)26-21(19(25-17)20(22)28)24-16-8-6-7-15(12-16)9-10-23-14(4)27/h6-8,12-13H,5,9-11H2,1-4H3,(H2,22,28)(H,23,27)(H,24,26). The van der Waals surface area contributed by atoms with Gasteiger partial charge >= 0.3 is 0 Å². The molecule has 0 radical (unpaired) electrons. The van der Waals surface area contributed by atoms with Gasteiger partial charge in [-0.2, -0.15) is 0 Å². The van der Waals surface area contributed by atoms with Crippen LogP contribution in [-0.2, 0) is 24.1 Å². The summed E-state index contributed by atoms with van der Waals surface area (Å²) in [5, 5.41) is 5.98. The predicted octanol–water partition coefficient (Wildman–Crippen LogP) is 2.76. The number of anilines is 2. The first kappa shape index (κ1) is 21.3. The molecule has 0 bridgehead atoms. The topological polar surface area (TPSA) is 110 Å². The molecule has 0 aliphatic heterocycles. The second kappa shape index (κ2) is 9.82. The van der Waals surface area contributed by atoms with Gasteiger partial charge in [0.25, 0.3) is 5.91 Å². The normalized spacial score (nSPS) is 10.8. The molecule has 1 heterocycles. The smallest absolute Gasteiger partial charge is 0.271 e. The summed E-state index contributed by atoms with van der Waals surface area (Å²) in [7, 11) is 0. The molecule has 150 valence electrons. The number of carbonyl (C=O) groups is 2. The molecule has 2 rings (SSSR count). The largest absolute Gasteiger partial charge is 0.364 e. The summed E-state index contributed by atoms with van der Waals surface area (Å²) >= 11 is 0. The van der Waals surface area contributed by atoms with Crippen LogP contribution in [0.4, 0.5) is 11.5 Å². The first-order valence-electron chi connectivity index (χ1n) is 9.60. The van der Waals surface area contributed by atoms with E-state index in [1.165, 1.54) is 6.92 Å². The Morgan fingerprint density at radius 3 is 2.54 bits per heavy atom. The highest BCUT2D eigenvalue weighted by Crippen LogP contribution is 2.22. The molecule has 1 aromatic carbocycles. The maximum absolute atomic E-state index is 11.9. The molecule has 7 heteroatoms. The Hall–Kier alpha value is -2.96. The van der Waals surface area contributed by atoms with Crippen LogP contribution in [0, 0.1) is 5.92 Å². The van der Waals surface area contributed by atoms with Gasteiger partial charge in [-0.1, -0.05) is 32.9 Å². The van der Waals surface area contributed by atoms with Crippen LogP contribution >= 0.6 is 0 Å². The number of amides is 2. The molecule has 28 heavy (non-hydrogen) atoms. The fraction of sp³-hybridized carbons (Fsp3) is 0.429. The lowest BCUT2D eigenvalue weighted by atomic mass is 10.0. The van der Waals surface area contributed by atoms with Crippen LogP contribution in [0.2, 0.25) is 0 Å². The number of rotatable bonds is 9. The SMILES string of the molecule is CCc1nc(C(N)=O)c(Nc2cccc(CCNC(C)=O)c2)nc1CC(C)C. The first-order chi connectivity index (χ1) is 13.3. The third-order valence-electron chi connectivity index (χ3n) is 4.20. The molecule has 0 fully saturated rings. The van der Waals surface area contributed by atoms with Crippen molar-refractivity contribution in [3.05, 3.63) is 46.9 Å². The van der Waals surface area contributed by atoms with E-state index in [0.29, 0.717) is 31.1 Å². The van der Waals surface area contributed by atoms with Crippen LogP contribution in [-0.4, -0.2) is 28.3 Å². The number of hydrogen-bond acceptors (Lipinski definition) is 5. The predicted molar refractivity (Wildman–Crippen MR) is 111 cm³/mol. The van der Waals surface area contributed by atoms with Crippen LogP contribution in [0.25, 0.3) is 0 Å². The van der Waals surface area contributed by atoms with Crippen LogP contribution in [0.1, 0.15) is 55.1 Å². The van der Waals surface area contributed by atoms with Gasteiger partial charge in [0.15, 0.2) is 11.5 Å². The Morgan fingerprint density at radius 1 is 1.18 bits per heavy atom. The van der Waals surface area contributed by atoms with Crippen molar-refractivity contribution in [1.82, 2.24) is 15.3 Å². The molecular formula is C21H29N5O2. The Morgan fingerprint density at radius 2 is 1.93 bits per heavy atom. The monoisotopic (exact) mass is 383 g/mol. The van der Waals surface area contributed by atoms with Crippen molar-refractivity contribution in [2.75, 3.05) is 11.9 Å². The summed E-state index contributed by atoms with van der Waals surface area (Å²) in [6.45, 7) is 8.29. The molecule has 0 aliphatic carbocycles. The van der Waals surface area contributed by atoms with Gasteiger partial charge < -0.3 is 16.4 Å². The van der Waals surface area contributed by atoms with E-state index >= 15 is 0 Å². The van der Waals surface area contributed by atoms with E-state index in [2.05, 4.69) is 34.4 Å². The minimum atomic E-state index is -0.609. The van der Waals surface area contributed by atoms with Crippen molar-refractivity contribution in [3.63, 3.8) is 0 Å². The number of primary amides is 1. The fourth-order valence-electron chi connectivity index (χ4n) is 2.92. The average molecular weight is 383 g/mol. The van der Waals surface area contributed by atoms with Gasteiger partial charge in [-0.15, -0.1) is 0 Å². The molecule has 4 N–H and O–H groups in total. The molecule has 0 aliphatic rings. The van der Waals surface area contributed by atoms with Crippen molar-refractivity contribution in [1.29, 1.82) is 0 Å². The van der Waals surface area contributed by atoms with Crippen molar-refractivity contribution in [2.45, 2.75) is 47.0 Å². The Labute approximate surface area is 166 Å². The van der Waals surface area contributed by atoms with Gasteiger partial charge in [0.2, 0.25) is 5.91 Å². The zero-order chi connectivity index (χ0) is 20.7. The number of benzene rings is 1. The van der Waals surface area contributed by atoms with Crippen LogP contribution in [0.3, 0.4) is 0 Å². The van der Waals surface area contributed by atoms with Crippen molar-refractivity contribution in [2.24, 2.45) is 11.7 Å². The maximum atomic E-state index is 11.9. The second-order valence-electron chi connectivity index (χ2n) is 7.19. The molecule has 0 unspecified atom stereocenters. The van der Waals surface area contributed by atoms with E-state index < -0.39 is 5.91 Å². The zero-order valence-electron chi connectivity index (χ0n) is 17.0. The van der Waals surface area contributed by atoms with E-state index in [1.807, 2.05) is 31.2 Å². The lowest BCUT2D eigenvalue weighted by molar-refractivity contribution is -0.118.